The van der Waals surface area contributed by atoms with E-state index >= 15 is 0 Å². The molecule has 0 N–H and O–H groups in total. The third-order valence-corrected chi connectivity index (χ3v) is 1.86. The maximum Gasteiger partial charge on any atom is 0.233 e. The summed E-state index contributed by atoms with van der Waals surface area (Å²) in [5.74, 6) is 0.657. The van der Waals surface area contributed by atoms with Crippen molar-refractivity contribution in [3.05, 3.63) is 24.3 Å². The lowest BCUT2D eigenvalue weighted by Gasteiger charge is -1.95. The molecule has 0 bridgehead atoms. The Kier molecular flexibility index (Phi) is 1.53. The van der Waals surface area contributed by atoms with E-state index in [1.54, 1.807) is 7.11 Å². The van der Waals surface area contributed by atoms with Crippen molar-refractivity contribution in [1.29, 1.82) is 0 Å². The zero-order valence-corrected chi connectivity index (χ0v) is 7.11. The van der Waals surface area contributed by atoms with Crippen LogP contribution in [0.25, 0.3) is 5.52 Å². The zero-order chi connectivity index (χ0) is 8.55. The van der Waals surface area contributed by atoms with E-state index in [4.69, 9.17) is 4.74 Å². The van der Waals surface area contributed by atoms with E-state index in [-0.39, 0.29) is 0 Å². The molecule has 0 atom stereocenters. The molecule has 12 heavy (non-hydrogen) atoms. The molecule has 2 rings (SSSR count). The van der Waals surface area contributed by atoms with Crippen LogP contribution in [0, 0.1) is 0 Å². The fourth-order valence-corrected chi connectivity index (χ4v) is 1.23. The third-order valence-electron chi connectivity index (χ3n) is 1.86. The minimum absolute atomic E-state index is 0.657. The molecule has 0 amide bonds. The first-order valence-corrected chi connectivity index (χ1v) is 3.80. The third kappa shape index (κ3) is 0.960. The highest BCUT2D eigenvalue weighted by molar-refractivity contribution is 6.31. The zero-order valence-electron chi connectivity index (χ0n) is 7.11. The summed E-state index contributed by atoms with van der Waals surface area (Å²) < 4.78 is 6.88. The predicted octanol–water partition coefficient (Wildman–Crippen LogP) is -0.399. The largest absolute Gasteiger partial charge is 0.480 e. The summed E-state index contributed by atoms with van der Waals surface area (Å²) in [6.45, 7) is 0. The Labute approximate surface area is 71.4 Å². The maximum absolute atomic E-state index is 5.02. The van der Waals surface area contributed by atoms with E-state index in [9.17, 15) is 0 Å². The summed E-state index contributed by atoms with van der Waals surface area (Å²) in [5, 5.41) is 4.23. The highest BCUT2D eigenvalue weighted by atomic mass is 16.5. The first kappa shape index (κ1) is 7.22. The average molecular weight is 160 g/mol. The van der Waals surface area contributed by atoms with E-state index in [1.165, 1.54) is 0 Å². The van der Waals surface area contributed by atoms with Gasteiger partial charge in [-0.3, -0.25) is 0 Å². The average Bonchev–Trinajstić information content (AvgIpc) is 2.49. The second-order valence-electron chi connectivity index (χ2n) is 2.69. The van der Waals surface area contributed by atoms with Gasteiger partial charge in [0.25, 0.3) is 0 Å². The molecule has 3 nitrogen and oxygen atoms in total. The molecule has 0 aromatic carbocycles. The summed E-state index contributed by atoms with van der Waals surface area (Å²) in [5.41, 5.74) is 2.17. The van der Waals surface area contributed by atoms with Gasteiger partial charge in [0.2, 0.25) is 5.88 Å². The molecule has 0 saturated carbocycles. The first-order valence-electron chi connectivity index (χ1n) is 3.80. The van der Waals surface area contributed by atoms with Crippen molar-refractivity contribution in [2.24, 2.45) is 0 Å². The Hall–Kier alpha value is -1.45. The summed E-state index contributed by atoms with van der Waals surface area (Å²) >= 11 is 0. The van der Waals surface area contributed by atoms with Gasteiger partial charge < -0.3 is 4.74 Å². The van der Waals surface area contributed by atoms with Crippen molar-refractivity contribution in [3.8, 4) is 5.88 Å². The number of ether oxygens (including phenoxy) is 1. The van der Waals surface area contributed by atoms with Crippen LogP contribution in [-0.4, -0.2) is 24.6 Å². The number of hydrogen-bond donors (Lipinski definition) is 0. The summed E-state index contributed by atoms with van der Waals surface area (Å²) in [4.78, 5) is 0. The number of aromatic nitrogens is 2. The van der Waals surface area contributed by atoms with Gasteiger partial charge in [-0.2, -0.15) is 0 Å². The van der Waals surface area contributed by atoms with Crippen molar-refractivity contribution >= 4 is 19.0 Å². The number of methoxy groups -OCH3 is 1. The molecule has 0 unspecified atom stereocenters. The molecule has 0 saturated heterocycles. The van der Waals surface area contributed by atoms with E-state index in [1.807, 2.05) is 36.6 Å². The minimum Gasteiger partial charge on any atom is -0.480 e. The molecular formula is C8H9BN2O. The van der Waals surface area contributed by atoms with Gasteiger partial charge in [-0.15, -0.1) is 5.10 Å². The Morgan fingerprint density at radius 2 is 2.33 bits per heavy atom. The fourth-order valence-electron chi connectivity index (χ4n) is 1.23. The van der Waals surface area contributed by atoms with E-state index < -0.39 is 0 Å². The molecule has 0 aliphatic rings. The molecule has 2 aromatic rings. The van der Waals surface area contributed by atoms with Crippen molar-refractivity contribution in [2.45, 2.75) is 0 Å². The molecular weight excluding hydrogens is 151 g/mol. The van der Waals surface area contributed by atoms with Crippen molar-refractivity contribution in [2.75, 3.05) is 7.11 Å². The van der Waals surface area contributed by atoms with Gasteiger partial charge in [0.05, 0.1) is 12.6 Å². The van der Waals surface area contributed by atoms with Crippen LogP contribution in [0.3, 0.4) is 0 Å². The van der Waals surface area contributed by atoms with Gasteiger partial charge in [0, 0.05) is 6.07 Å². The van der Waals surface area contributed by atoms with Gasteiger partial charge in [-0.25, -0.2) is 4.52 Å². The lowest BCUT2D eigenvalue weighted by atomic mass is 10.0. The van der Waals surface area contributed by atoms with E-state index in [2.05, 4.69) is 5.10 Å². The van der Waals surface area contributed by atoms with E-state index in [0.29, 0.717) is 5.88 Å². The number of fused-ring (bicyclic) bond motifs is 1. The highest BCUT2D eigenvalue weighted by Crippen LogP contribution is 2.09. The predicted molar refractivity (Wildman–Crippen MR) is 49.9 cm³/mol. The Balaban J connectivity index is 2.74. The lowest BCUT2D eigenvalue weighted by molar-refractivity contribution is 0.395. The van der Waals surface area contributed by atoms with Crippen LogP contribution >= 0.6 is 0 Å². The van der Waals surface area contributed by atoms with Gasteiger partial charge in [0.1, 0.15) is 0 Å². The standard InChI is InChI=1S/C8H9BN2O/c1-12-8-5-6-3-2-4-7(9)11(6)10-8/h2-5H,9H2,1H3. The van der Waals surface area contributed by atoms with Crippen LogP contribution in [0.5, 0.6) is 5.88 Å². The van der Waals surface area contributed by atoms with Crippen LogP contribution < -0.4 is 10.3 Å². The highest BCUT2D eigenvalue weighted by Gasteiger charge is 2.00. The molecule has 2 heterocycles. The molecule has 4 heteroatoms. The van der Waals surface area contributed by atoms with Crippen LogP contribution in [0.4, 0.5) is 0 Å². The summed E-state index contributed by atoms with van der Waals surface area (Å²) in [7, 11) is 3.64. The van der Waals surface area contributed by atoms with E-state index in [0.717, 1.165) is 11.1 Å². The van der Waals surface area contributed by atoms with Gasteiger partial charge in [-0.05, 0) is 11.7 Å². The van der Waals surface area contributed by atoms with Crippen molar-refractivity contribution in [1.82, 2.24) is 9.61 Å². The summed E-state index contributed by atoms with van der Waals surface area (Å²) in [6.07, 6.45) is 0. The SMILES string of the molecule is Bc1cccc2cc(OC)nn12. The molecule has 60 valence electrons. The first-order chi connectivity index (χ1) is 5.81. The van der Waals surface area contributed by atoms with Crippen molar-refractivity contribution < 1.29 is 4.74 Å². The Bertz CT molecular complexity index is 410. The molecule has 0 fully saturated rings. The van der Waals surface area contributed by atoms with Crippen molar-refractivity contribution in [3.63, 3.8) is 0 Å². The van der Waals surface area contributed by atoms with Gasteiger partial charge in [0.15, 0.2) is 7.85 Å². The number of hydrogen-bond acceptors (Lipinski definition) is 2. The number of pyridine rings is 1. The van der Waals surface area contributed by atoms with Crippen LogP contribution in [0.1, 0.15) is 0 Å². The topological polar surface area (TPSA) is 26.5 Å². The Morgan fingerprint density at radius 3 is 3.00 bits per heavy atom. The minimum atomic E-state index is 0.657. The monoisotopic (exact) mass is 160 g/mol. The maximum atomic E-state index is 5.02. The molecule has 2 aromatic heterocycles. The lowest BCUT2D eigenvalue weighted by Crippen LogP contribution is -2.14. The van der Waals surface area contributed by atoms with Gasteiger partial charge >= 0.3 is 0 Å². The fraction of sp³-hybridized carbons (Fsp3) is 0.125. The Morgan fingerprint density at radius 1 is 1.50 bits per heavy atom. The molecule has 0 radical (unpaired) electrons. The second kappa shape index (κ2) is 2.55. The van der Waals surface area contributed by atoms with Gasteiger partial charge in [-0.1, -0.05) is 12.1 Å². The van der Waals surface area contributed by atoms with Crippen LogP contribution in [-0.2, 0) is 0 Å². The number of nitrogens with zero attached hydrogens (tertiary/aromatic N) is 2. The van der Waals surface area contributed by atoms with Crippen LogP contribution in [0.15, 0.2) is 24.3 Å². The molecule has 0 spiro atoms. The number of rotatable bonds is 1. The summed E-state index contributed by atoms with van der Waals surface area (Å²) in [6, 6.07) is 7.93. The van der Waals surface area contributed by atoms with Crippen LogP contribution in [0.2, 0.25) is 0 Å². The molecule has 0 aliphatic heterocycles. The quantitative estimate of drug-likeness (QED) is 0.530. The second-order valence-corrected chi connectivity index (χ2v) is 2.69. The molecule has 0 aliphatic carbocycles. The normalized spacial score (nSPS) is 10.4. The smallest absolute Gasteiger partial charge is 0.233 e.